The molecule has 0 bridgehead atoms. The highest BCUT2D eigenvalue weighted by Crippen LogP contribution is 2.11. The average Bonchev–Trinajstić information content (AvgIpc) is 3.19. The maximum absolute atomic E-state index is 12.2. The maximum atomic E-state index is 12.2. The molecule has 55 heavy (non-hydrogen) atoms. The average molecular weight is 757 g/mol. The Hall–Kier alpha value is -3.47. The standard InChI is InChI=1S/C51H80O4/c1-3-5-7-9-11-13-15-17-19-21-23-24-25-26-27-29-31-33-35-37-39-41-43-45-47-54-49-50(48-52)55-51(53)46-44-42-40-38-36-34-32-30-28-22-20-18-16-14-12-10-8-6-4-2/h5-8,11-14,17-20,23-24,26-28,30,34,36,40,42,50,52H,3-4,9-10,15-16,21-22,25,29,31-33,35,37-39,41,43-49H2,1-2H3/b7-5-,8-6-,13-11-,14-12-,19-17-,20-18-,24-23-,27-26-,30-28-,36-34-,42-40-. The van der Waals surface area contributed by atoms with Gasteiger partial charge in [-0.25, -0.2) is 0 Å². The molecule has 4 nitrogen and oxygen atoms in total. The van der Waals surface area contributed by atoms with Gasteiger partial charge < -0.3 is 14.6 Å². The summed E-state index contributed by atoms with van der Waals surface area (Å²) in [6.45, 7) is 4.99. The summed E-state index contributed by atoms with van der Waals surface area (Å²) < 4.78 is 11.1. The van der Waals surface area contributed by atoms with Crippen LogP contribution in [0.4, 0.5) is 0 Å². The van der Waals surface area contributed by atoms with Gasteiger partial charge in [0.05, 0.1) is 13.2 Å². The Morgan fingerprint density at radius 2 is 0.764 bits per heavy atom. The number of ether oxygens (including phenoxy) is 2. The third-order valence-electron chi connectivity index (χ3n) is 8.48. The Labute approximate surface area is 339 Å². The first-order valence-electron chi connectivity index (χ1n) is 21.8. The first-order chi connectivity index (χ1) is 27.2. The molecule has 0 radical (unpaired) electrons. The molecule has 0 aliphatic carbocycles. The lowest BCUT2D eigenvalue weighted by molar-refractivity contribution is -0.154. The van der Waals surface area contributed by atoms with Crippen LogP contribution in [0.3, 0.4) is 0 Å². The smallest absolute Gasteiger partial charge is 0.306 e. The molecule has 4 heteroatoms. The number of hydrogen-bond donors (Lipinski definition) is 1. The highest BCUT2D eigenvalue weighted by molar-refractivity contribution is 5.69. The van der Waals surface area contributed by atoms with E-state index in [4.69, 9.17) is 9.47 Å². The van der Waals surface area contributed by atoms with Gasteiger partial charge in [-0.1, -0.05) is 186 Å². The molecule has 0 aromatic carbocycles. The van der Waals surface area contributed by atoms with Gasteiger partial charge in [0.25, 0.3) is 0 Å². The molecule has 0 saturated carbocycles. The minimum atomic E-state index is -0.590. The first-order valence-corrected chi connectivity index (χ1v) is 21.8. The molecule has 0 aromatic heterocycles. The van der Waals surface area contributed by atoms with Crippen molar-refractivity contribution in [2.75, 3.05) is 19.8 Å². The van der Waals surface area contributed by atoms with Crippen LogP contribution < -0.4 is 0 Å². The predicted molar refractivity (Wildman–Crippen MR) is 241 cm³/mol. The summed E-state index contributed by atoms with van der Waals surface area (Å²) in [5.41, 5.74) is 0. The maximum Gasteiger partial charge on any atom is 0.306 e. The van der Waals surface area contributed by atoms with Crippen molar-refractivity contribution in [3.63, 3.8) is 0 Å². The Kier molecular flexibility index (Phi) is 43.7. The molecule has 0 aromatic rings. The molecular weight excluding hydrogens is 677 g/mol. The molecule has 0 saturated heterocycles. The van der Waals surface area contributed by atoms with Gasteiger partial charge in [0, 0.05) is 13.0 Å². The zero-order valence-electron chi connectivity index (χ0n) is 35.1. The van der Waals surface area contributed by atoms with E-state index in [0.29, 0.717) is 19.4 Å². The van der Waals surface area contributed by atoms with Crippen LogP contribution in [0.1, 0.15) is 155 Å². The van der Waals surface area contributed by atoms with Crippen LogP contribution in [0.2, 0.25) is 0 Å². The topological polar surface area (TPSA) is 55.8 Å². The van der Waals surface area contributed by atoms with Crippen LogP contribution in [-0.2, 0) is 14.3 Å². The van der Waals surface area contributed by atoms with Crippen molar-refractivity contribution in [1.82, 2.24) is 0 Å². The van der Waals surface area contributed by atoms with Crippen molar-refractivity contribution < 1.29 is 19.4 Å². The summed E-state index contributed by atoms with van der Waals surface area (Å²) in [6, 6.07) is 0. The number of unbranched alkanes of at least 4 members (excludes halogenated alkanes) is 8. The Bertz CT molecular complexity index is 1160. The van der Waals surface area contributed by atoms with Crippen LogP contribution in [0.15, 0.2) is 134 Å². The van der Waals surface area contributed by atoms with E-state index in [9.17, 15) is 9.90 Å². The van der Waals surface area contributed by atoms with Crippen molar-refractivity contribution >= 4 is 5.97 Å². The van der Waals surface area contributed by atoms with E-state index in [1.165, 1.54) is 44.9 Å². The van der Waals surface area contributed by atoms with Gasteiger partial charge in [0.15, 0.2) is 0 Å². The third-order valence-corrected chi connectivity index (χ3v) is 8.48. The van der Waals surface area contributed by atoms with Crippen molar-refractivity contribution in [3.05, 3.63) is 134 Å². The lowest BCUT2D eigenvalue weighted by Crippen LogP contribution is -2.27. The predicted octanol–water partition coefficient (Wildman–Crippen LogP) is 14.6. The fourth-order valence-electron chi connectivity index (χ4n) is 5.32. The number of aliphatic hydroxyl groups is 1. The largest absolute Gasteiger partial charge is 0.457 e. The monoisotopic (exact) mass is 757 g/mol. The second kappa shape index (κ2) is 46.7. The number of rotatable bonds is 38. The minimum absolute atomic E-state index is 0.216. The minimum Gasteiger partial charge on any atom is -0.457 e. The van der Waals surface area contributed by atoms with Crippen LogP contribution in [-0.4, -0.2) is 37.0 Å². The number of hydrogen-bond acceptors (Lipinski definition) is 4. The molecule has 1 unspecified atom stereocenters. The number of allylic oxidation sites excluding steroid dienone is 22. The van der Waals surface area contributed by atoms with E-state index in [0.717, 1.165) is 83.5 Å². The van der Waals surface area contributed by atoms with Crippen molar-refractivity contribution in [1.29, 1.82) is 0 Å². The summed E-state index contributed by atoms with van der Waals surface area (Å²) in [6.07, 6.45) is 70.9. The Balaban J connectivity index is 3.62. The number of esters is 1. The lowest BCUT2D eigenvalue weighted by Gasteiger charge is -2.15. The van der Waals surface area contributed by atoms with Crippen LogP contribution >= 0.6 is 0 Å². The summed E-state index contributed by atoms with van der Waals surface area (Å²) >= 11 is 0. The molecule has 0 heterocycles. The second-order valence-corrected chi connectivity index (χ2v) is 13.6. The highest BCUT2D eigenvalue weighted by Gasteiger charge is 2.13. The van der Waals surface area contributed by atoms with E-state index in [2.05, 4.69) is 141 Å². The summed E-state index contributed by atoms with van der Waals surface area (Å²) in [4.78, 5) is 12.2. The van der Waals surface area contributed by atoms with Gasteiger partial charge in [0.1, 0.15) is 6.10 Å². The van der Waals surface area contributed by atoms with E-state index < -0.39 is 6.10 Å². The molecule has 1 N–H and O–H groups in total. The molecule has 0 rings (SSSR count). The van der Waals surface area contributed by atoms with Gasteiger partial charge in [-0.2, -0.15) is 0 Å². The van der Waals surface area contributed by atoms with Crippen LogP contribution in [0, 0.1) is 0 Å². The van der Waals surface area contributed by atoms with E-state index >= 15 is 0 Å². The number of carbonyl (C=O) groups is 1. The highest BCUT2D eigenvalue weighted by atomic mass is 16.6. The van der Waals surface area contributed by atoms with E-state index in [1.807, 2.05) is 6.08 Å². The number of aliphatic hydroxyl groups excluding tert-OH is 1. The first kappa shape index (κ1) is 51.5. The van der Waals surface area contributed by atoms with Crippen LogP contribution in [0.25, 0.3) is 0 Å². The fourth-order valence-corrected chi connectivity index (χ4v) is 5.32. The Morgan fingerprint density at radius 3 is 1.15 bits per heavy atom. The third kappa shape index (κ3) is 44.8. The van der Waals surface area contributed by atoms with Gasteiger partial charge in [-0.15, -0.1) is 0 Å². The quantitative estimate of drug-likeness (QED) is 0.0387. The molecule has 0 aliphatic heterocycles. The zero-order chi connectivity index (χ0) is 39.8. The molecule has 1 atom stereocenters. The summed E-state index contributed by atoms with van der Waals surface area (Å²) in [7, 11) is 0. The number of carbonyl (C=O) groups excluding carboxylic acids is 1. The SMILES string of the molecule is CC/C=C\C/C=C\C/C=C\C/C=C\C/C=C\C/C=C\CCC(=O)OC(CO)COCCCCCCCCCC/C=C\C/C=C\C/C=C\C/C=C\C/C=C\CC. The fraction of sp³-hybridized carbons (Fsp3) is 0.549. The molecule has 0 amide bonds. The molecule has 308 valence electrons. The zero-order valence-corrected chi connectivity index (χ0v) is 35.1. The van der Waals surface area contributed by atoms with Crippen molar-refractivity contribution in [3.8, 4) is 0 Å². The lowest BCUT2D eigenvalue weighted by atomic mass is 10.1. The Morgan fingerprint density at radius 1 is 0.436 bits per heavy atom. The van der Waals surface area contributed by atoms with Gasteiger partial charge >= 0.3 is 5.97 Å². The second-order valence-electron chi connectivity index (χ2n) is 13.6. The van der Waals surface area contributed by atoms with Gasteiger partial charge in [-0.3, -0.25) is 4.79 Å². The van der Waals surface area contributed by atoms with Crippen LogP contribution in [0.5, 0.6) is 0 Å². The van der Waals surface area contributed by atoms with Crippen molar-refractivity contribution in [2.45, 2.75) is 161 Å². The van der Waals surface area contributed by atoms with Gasteiger partial charge in [-0.05, 0) is 96.3 Å². The van der Waals surface area contributed by atoms with E-state index in [-0.39, 0.29) is 19.2 Å². The molecule has 0 fully saturated rings. The molecule has 0 spiro atoms. The normalized spacial score (nSPS) is 13.7. The molecule has 0 aliphatic rings. The van der Waals surface area contributed by atoms with Gasteiger partial charge in [0.2, 0.25) is 0 Å². The van der Waals surface area contributed by atoms with Crippen molar-refractivity contribution in [2.24, 2.45) is 0 Å². The summed E-state index contributed by atoms with van der Waals surface area (Å²) in [5.74, 6) is -0.292. The van der Waals surface area contributed by atoms with E-state index in [1.54, 1.807) is 0 Å². The molecular formula is C51H80O4. The summed E-state index contributed by atoms with van der Waals surface area (Å²) in [5, 5.41) is 9.60.